The lowest BCUT2D eigenvalue weighted by molar-refractivity contribution is -0.121. The Hall–Kier alpha value is -3.68. The molecule has 8 heteroatoms. The van der Waals surface area contributed by atoms with Crippen LogP contribution in [0.25, 0.3) is 16.7 Å². The first-order chi connectivity index (χ1) is 15.0. The zero-order chi connectivity index (χ0) is 21.8. The number of aryl methyl sites for hydroxylation is 2. The molecule has 0 saturated carbocycles. The summed E-state index contributed by atoms with van der Waals surface area (Å²) in [7, 11) is 0. The molecule has 31 heavy (non-hydrogen) atoms. The van der Waals surface area contributed by atoms with Crippen LogP contribution in [-0.2, 0) is 11.2 Å². The normalized spacial score (nSPS) is 11.2. The average molecular weight is 419 g/mol. The summed E-state index contributed by atoms with van der Waals surface area (Å²) in [5.74, 6) is 0.639. The third-order valence-electron chi connectivity index (χ3n) is 5.22. The van der Waals surface area contributed by atoms with Crippen molar-refractivity contribution in [3.63, 3.8) is 0 Å². The summed E-state index contributed by atoms with van der Waals surface area (Å²) in [6.07, 6.45) is 3.40. The zero-order valence-electron chi connectivity index (χ0n) is 17.7. The number of nitrogens with one attached hydrogen (secondary N) is 3. The Labute approximate surface area is 180 Å². The number of amides is 2. The summed E-state index contributed by atoms with van der Waals surface area (Å²) in [6.45, 7) is 4.74. The fourth-order valence-corrected chi connectivity index (χ4v) is 3.66. The van der Waals surface area contributed by atoms with E-state index in [1.807, 2.05) is 60.8 Å². The number of H-pyrrole nitrogens is 1. The fraction of sp³-hybridized carbons (Fsp3) is 0.304. The van der Waals surface area contributed by atoms with E-state index in [2.05, 4.69) is 25.6 Å². The predicted octanol–water partition coefficient (Wildman–Crippen LogP) is 2.70. The molecule has 0 radical (unpaired) electrons. The molecule has 3 heterocycles. The van der Waals surface area contributed by atoms with Gasteiger partial charge in [0, 0.05) is 32.1 Å². The summed E-state index contributed by atoms with van der Waals surface area (Å²) in [6, 6.07) is 11.7. The minimum absolute atomic E-state index is 0.0352. The van der Waals surface area contributed by atoms with Crippen LogP contribution in [0.2, 0.25) is 0 Å². The van der Waals surface area contributed by atoms with Gasteiger partial charge in [0.1, 0.15) is 17.2 Å². The Kier molecular flexibility index (Phi) is 5.97. The van der Waals surface area contributed by atoms with Gasteiger partial charge in [0.25, 0.3) is 5.91 Å². The van der Waals surface area contributed by atoms with Gasteiger partial charge in [-0.2, -0.15) is 0 Å². The number of hydrogen-bond acceptors (Lipinski definition) is 4. The molecule has 160 valence electrons. The Morgan fingerprint density at radius 1 is 1.03 bits per heavy atom. The minimum atomic E-state index is -0.180. The van der Waals surface area contributed by atoms with E-state index in [1.54, 1.807) is 0 Å². The molecule has 0 fully saturated rings. The number of nitrogens with zero attached hydrogens (tertiary/aromatic N) is 3. The lowest BCUT2D eigenvalue weighted by Gasteiger charge is -2.07. The highest BCUT2D eigenvalue weighted by atomic mass is 16.2. The Morgan fingerprint density at radius 3 is 2.71 bits per heavy atom. The number of carbonyl (C=O) groups is 2. The monoisotopic (exact) mass is 418 g/mol. The van der Waals surface area contributed by atoms with Crippen LogP contribution >= 0.6 is 0 Å². The van der Waals surface area contributed by atoms with E-state index in [4.69, 9.17) is 0 Å². The van der Waals surface area contributed by atoms with E-state index in [-0.39, 0.29) is 11.8 Å². The number of pyridine rings is 1. The van der Waals surface area contributed by atoms with Crippen LogP contribution in [0.3, 0.4) is 0 Å². The van der Waals surface area contributed by atoms with Gasteiger partial charge in [0.05, 0.1) is 16.7 Å². The quantitative estimate of drug-likeness (QED) is 0.383. The third-order valence-corrected chi connectivity index (χ3v) is 5.22. The first-order valence-corrected chi connectivity index (χ1v) is 10.5. The molecular weight excluding hydrogens is 392 g/mol. The van der Waals surface area contributed by atoms with Gasteiger partial charge in [0.15, 0.2) is 0 Å². The van der Waals surface area contributed by atoms with Crippen LogP contribution < -0.4 is 10.6 Å². The van der Waals surface area contributed by atoms with Crippen molar-refractivity contribution in [3.8, 4) is 0 Å². The van der Waals surface area contributed by atoms with Gasteiger partial charge >= 0.3 is 0 Å². The Balaban J connectivity index is 1.20. The van der Waals surface area contributed by atoms with Gasteiger partial charge in [-0.3, -0.25) is 14.0 Å². The fourth-order valence-electron chi connectivity index (χ4n) is 3.66. The molecule has 4 rings (SSSR count). The lowest BCUT2D eigenvalue weighted by atomic mass is 10.2. The maximum Gasteiger partial charge on any atom is 0.270 e. The highest BCUT2D eigenvalue weighted by Gasteiger charge is 2.17. The van der Waals surface area contributed by atoms with Crippen molar-refractivity contribution in [2.75, 3.05) is 13.1 Å². The van der Waals surface area contributed by atoms with Crippen molar-refractivity contribution >= 4 is 28.5 Å². The van der Waals surface area contributed by atoms with Gasteiger partial charge < -0.3 is 15.6 Å². The second-order valence-corrected chi connectivity index (χ2v) is 7.59. The van der Waals surface area contributed by atoms with Crippen LogP contribution in [0, 0.1) is 13.8 Å². The number of aromatic amines is 1. The summed E-state index contributed by atoms with van der Waals surface area (Å²) in [4.78, 5) is 36.9. The molecule has 8 nitrogen and oxygen atoms in total. The van der Waals surface area contributed by atoms with Crippen molar-refractivity contribution in [3.05, 3.63) is 65.4 Å². The zero-order valence-corrected chi connectivity index (χ0v) is 17.7. The SMILES string of the molecule is Cc1nc2c(C)cccn2c1C(=O)NCCCC(=O)NCCc1nc2ccccc2[nH]1. The van der Waals surface area contributed by atoms with E-state index >= 15 is 0 Å². The van der Waals surface area contributed by atoms with Crippen molar-refractivity contribution in [1.29, 1.82) is 0 Å². The summed E-state index contributed by atoms with van der Waals surface area (Å²) in [5, 5.41) is 5.80. The molecule has 2 amide bonds. The van der Waals surface area contributed by atoms with Crippen LogP contribution in [0.5, 0.6) is 0 Å². The van der Waals surface area contributed by atoms with E-state index in [9.17, 15) is 9.59 Å². The second-order valence-electron chi connectivity index (χ2n) is 7.59. The third kappa shape index (κ3) is 4.58. The number of para-hydroxylation sites is 2. The molecule has 1 aromatic carbocycles. The van der Waals surface area contributed by atoms with Crippen molar-refractivity contribution in [2.24, 2.45) is 0 Å². The minimum Gasteiger partial charge on any atom is -0.356 e. The number of fused-ring (bicyclic) bond motifs is 2. The molecule has 0 atom stereocenters. The summed E-state index contributed by atoms with van der Waals surface area (Å²) < 4.78 is 1.81. The highest BCUT2D eigenvalue weighted by Crippen LogP contribution is 2.15. The first-order valence-electron chi connectivity index (χ1n) is 10.5. The molecule has 0 unspecified atom stereocenters. The summed E-state index contributed by atoms with van der Waals surface area (Å²) >= 11 is 0. The lowest BCUT2D eigenvalue weighted by Crippen LogP contribution is -2.29. The van der Waals surface area contributed by atoms with E-state index < -0.39 is 0 Å². The number of imidazole rings is 2. The number of hydrogen-bond donors (Lipinski definition) is 3. The summed E-state index contributed by atoms with van der Waals surface area (Å²) in [5.41, 5.74) is 4.95. The molecule has 0 aliphatic heterocycles. The van der Waals surface area contributed by atoms with Crippen LogP contribution in [0.1, 0.15) is 40.4 Å². The Bertz CT molecular complexity index is 1210. The molecule has 3 aromatic heterocycles. The van der Waals surface area contributed by atoms with E-state index in [1.165, 1.54) is 0 Å². The van der Waals surface area contributed by atoms with Gasteiger partial charge in [-0.05, 0) is 44.0 Å². The first kappa shape index (κ1) is 20.6. The molecule has 0 aliphatic rings. The van der Waals surface area contributed by atoms with Crippen molar-refractivity contribution in [2.45, 2.75) is 33.1 Å². The van der Waals surface area contributed by atoms with Crippen LogP contribution in [0.15, 0.2) is 42.6 Å². The predicted molar refractivity (Wildman–Crippen MR) is 119 cm³/mol. The maximum absolute atomic E-state index is 12.6. The highest BCUT2D eigenvalue weighted by molar-refractivity contribution is 5.94. The van der Waals surface area contributed by atoms with Crippen LogP contribution in [0.4, 0.5) is 0 Å². The van der Waals surface area contributed by atoms with Crippen molar-refractivity contribution < 1.29 is 9.59 Å². The molecule has 0 saturated heterocycles. The molecule has 4 aromatic rings. The van der Waals surface area contributed by atoms with Crippen LogP contribution in [-0.4, -0.2) is 44.3 Å². The van der Waals surface area contributed by atoms with E-state index in [0.29, 0.717) is 43.7 Å². The maximum atomic E-state index is 12.6. The number of rotatable bonds is 8. The molecule has 0 aliphatic carbocycles. The molecular formula is C23H26N6O2. The Morgan fingerprint density at radius 2 is 1.87 bits per heavy atom. The molecule has 0 bridgehead atoms. The number of carbonyl (C=O) groups excluding carboxylic acids is 2. The topological polar surface area (TPSA) is 104 Å². The van der Waals surface area contributed by atoms with Crippen molar-refractivity contribution in [1.82, 2.24) is 30.0 Å². The van der Waals surface area contributed by atoms with Gasteiger partial charge in [0.2, 0.25) is 5.91 Å². The molecule has 3 N–H and O–H groups in total. The smallest absolute Gasteiger partial charge is 0.270 e. The van der Waals surface area contributed by atoms with Gasteiger partial charge in [-0.15, -0.1) is 0 Å². The average Bonchev–Trinajstić information content (AvgIpc) is 3.31. The number of aromatic nitrogens is 4. The standard InChI is InChI=1S/C23H26N6O2/c1-15-7-6-14-29-21(16(2)26-22(15)29)23(31)25-12-5-10-20(30)24-13-11-19-27-17-8-3-4-9-18(17)28-19/h3-4,6-9,14H,5,10-13H2,1-2H3,(H,24,30)(H,25,31)(H,27,28). The number of benzene rings is 1. The second kappa shape index (κ2) is 8.99. The van der Waals surface area contributed by atoms with E-state index in [0.717, 1.165) is 28.1 Å². The van der Waals surface area contributed by atoms with Gasteiger partial charge in [-0.1, -0.05) is 18.2 Å². The van der Waals surface area contributed by atoms with Gasteiger partial charge in [-0.25, -0.2) is 9.97 Å². The molecule has 0 spiro atoms. The largest absolute Gasteiger partial charge is 0.356 e.